The largest absolute Gasteiger partial charge is 0.497 e. The molecule has 2 aromatic rings. The lowest BCUT2D eigenvalue weighted by Crippen LogP contribution is -2.29. The summed E-state index contributed by atoms with van der Waals surface area (Å²) >= 11 is 5.76. The fraction of sp³-hybridized carbons (Fsp3) is 0.125. The third-order valence-corrected chi connectivity index (χ3v) is 3.22. The smallest absolute Gasteiger partial charge is 0.314 e. The zero-order chi connectivity index (χ0) is 16.8. The summed E-state index contributed by atoms with van der Waals surface area (Å²) in [6, 6.07) is 11.3. The third-order valence-electron chi connectivity index (χ3n) is 2.97. The Hall–Kier alpha value is -2.73. The molecule has 7 heteroatoms. The van der Waals surface area contributed by atoms with E-state index in [0.717, 1.165) is 0 Å². The van der Waals surface area contributed by atoms with E-state index < -0.39 is 11.8 Å². The van der Waals surface area contributed by atoms with Crippen LogP contribution in [0.4, 0.5) is 11.4 Å². The minimum absolute atomic E-state index is 0.365. The topological polar surface area (TPSA) is 76.7 Å². The van der Waals surface area contributed by atoms with Crippen molar-refractivity contribution in [3.8, 4) is 11.5 Å². The van der Waals surface area contributed by atoms with Crippen LogP contribution in [-0.2, 0) is 9.59 Å². The van der Waals surface area contributed by atoms with Gasteiger partial charge in [-0.2, -0.15) is 0 Å². The molecule has 0 heterocycles. The summed E-state index contributed by atoms with van der Waals surface area (Å²) in [7, 11) is 2.98. The average Bonchev–Trinajstić information content (AvgIpc) is 2.57. The second-order valence-electron chi connectivity index (χ2n) is 4.48. The van der Waals surface area contributed by atoms with Crippen molar-refractivity contribution in [1.82, 2.24) is 0 Å². The molecule has 120 valence electrons. The van der Waals surface area contributed by atoms with Gasteiger partial charge in [-0.05, 0) is 36.4 Å². The zero-order valence-corrected chi connectivity index (χ0v) is 13.3. The van der Waals surface area contributed by atoms with Gasteiger partial charge in [0.1, 0.15) is 11.5 Å². The second-order valence-corrected chi connectivity index (χ2v) is 4.92. The first kappa shape index (κ1) is 16.6. The Morgan fingerprint density at radius 1 is 0.913 bits per heavy atom. The molecule has 0 bridgehead atoms. The Morgan fingerprint density at radius 3 is 2.17 bits per heavy atom. The minimum Gasteiger partial charge on any atom is -0.497 e. The normalized spacial score (nSPS) is 9.87. The maximum absolute atomic E-state index is 12.0. The number of amides is 2. The summed E-state index contributed by atoms with van der Waals surface area (Å²) in [5.74, 6) is -0.656. The molecule has 2 N–H and O–H groups in total. The molecule has 0 radical (unpaired) electrons. The van der Waals surface area contributed by atoms with E-state index in [9.17, 15) is 9.59 Å². The first-order valence-electron chi connectivity index (χ1n) is 6.63. The van der Waals surface area contributed by atoms with Gasteiger partial charge in [-0.25, -0.2) is 0 Å². The van der Waals surface area contributed by atoms with Crippen molar-refractivity contribution in [1.29, 1.82) is 0 Å². The summed E-state index contributed by atoms with van der Waals surface area (Å²) in [6.07, 6.45) is 0. The minimum atomic E-state index is -0.816. The first-order valence-corrected chi connectivity index (χ1v) is 7.01. The van der Waals surface area contributed by atoms with Crippen molar-refractivity contribution < 1.29 is 19.1 Å². The van der Waals surface area contributed by atoms with Crippen molar-refractivity contribution in [2.75, 3.05) is 24.9 Å². The maximum Gasteiger partial charge on any atom is 0.314 e. The number of hydrogen-bond donors (Lipinski definition) is 2. The lowest BCUT2D eigenvalue weighted by Gasteiger charge is -2.11. The zero-order valence-electron chi connectivity index (χ0n) is 12.6. The van der Waals surface area contributed by atoms with Crippen LogP contribution in [0.3, 0.4) is 0 Å². The van der Waals surface area contributed by atoms with E-state index in [1.165, 1.54) is 14.2 Å². The molecule has 0 aliphatic rings. The molecule has 2 amide bonds. The number of anilines is 2. The van der Waals surface area contributed by atoms with Crippen LogP contribution in [0.25, 0.3) is 0 Å². The Morgan fingerprint density at radius 2 is 1.57 bits per heavy atom. The van der Waals surface area contributed by atoms with Crippen LogP contribution in [0.1, 0.15) is 0 Å². The predicted molar refractivity (Wildman–Crippen MR) is 88.3 cm³/mol. The van der Waals surface area contributed by atoms with E-state index in [0.29, 0.717) is 27.9 Å². The molecule has 0 aliphatic carbocycles. The van der Waals surface area contributed by atoms with Crippen molar-refractivity contribution in [2.24, 2.45) is 0 Å². The van der Waals surface area contributed by atoms with Gasteiger partial charge in [-0.3, -0.25) is 9.59 Å². The number of ether oxygens (including phenoxy) is 2. The molecule has 2 aromatic carbocycles. The van der Waals surface area contributed by atoms with Gasteiger partial charge in [0.2, 0.25) is 0 Å². The van der Waals surface area contributed by atoms with Crippen molar-refractivity contribution in [3.05, 3.63) is 47.5 Å². The number of carbonyl (C=O) groups is 2. The van der Waals surface area contributed by atoms with Crippen LogP contribution in [0, 0.1) is 0 Å². The highest BCUT2D eigenvalue weighted by atomic mass is 35.5. The highest BCUT2D eigenvalue weighted by Crippen LogP contribution is 2.28. The molecule has 0 aliphatic heterocycles. The van der Waals surface area contributed by atoms with E-state index in [1.54, 1.807) is 42.5 Å². The fourth-order valence-electron chi connectivity index (χ4n) is 1.80. The molecular weight excluding hydrogens is 320 g/mol. The molecule has 0 fully saturated rings. The van der Waals surface area contributed by atoms with Gasteiger partial charge in [-0.1, -0.05) is 11.6 Å². The van der Waals surface area contributed by atoms with Gasteiger partial charge in [0.25, 0.3) is 0 Å². The molecule has 23 heavy (non-hydrogen) atoms. The van der Waals surface area contributed by atoms with Crippen LogP contribution in [0.15, 0.2) is 42.5 Å². The van der Waals surface area contributed by atoms with Crippen LogP contribution in [0.5, 0.6) is 11.5 Å². The molecule has 0 spiro atoms. The van der Waals surface area contributed by atoms with Crippen molar-refractivity contribution >= 4 is 34.8 Å². The van der Waals surface area contributed by atoms with Crippen LogP contribution in [0.2, 0.25) is 5.02 Å². The van der Waals surface area contributed by atoms with Crippen molar-refractivity contribution in [2.45, 2.75) is 0 Å². The maximum atomic E-state index is 12.0. The molecule has 0 aromatic heterocycles. The quantitative estimate of drug-likeness (QED) is 0.843. The molecular formula is C16H15ClN2O4. The highest BCUT2D eigenvalue weighted by molar-refractivity contribution is 6.43. The summed E-state index contributed by atoms with van der Waals surface area (Å²) in [5, 5.41) is 5.50. The van der Waals surface area contributed by atoms with Crippen molar-refractivity contribution in [3.63, 3.8) is 0 Å². The first-order chi connectivity index (χ1) is 11.0. The van der Waals surface area contributed by atoms with E-state index in [4.69, 9.17) is 21.1 Å². The van der Waals surface area contributed by atoms with Crippen LogP contribution < -0.4 is 20.1 Å². The van der Waals surface area contributed by atoms with Gasteiger partial charge < -0.3 is 20.1 Å². The number of halogens is 1. The van der Waals surface area contributed by atoms with E-state index in [2.05, 4.69) is 10.6 Å². The molecule has 6 nitrogen and oxygen atoms in total. The van der Waals surface area contributed by atoms with Gasteiger partial charge in [0.15, 0.2) is 0 Å². The Balaban J connectivity index is 2.06. The molecule has 2 rings (SSSR count). The molecule has 0 atom stereocenters. The third kappa shape index (κ3) is 4.37. The van der Waals surface area contributed by atoms with Gasteiger partial charge >= 0.3 is 11.8 Å². The Kier molecular flexibility index (Phi) is 5.43. The monoisotopic (exact) mass is 334 g/mol. The fourth-order valence-corrected chi connectivity index (χ4v) is 1.93. The summed E-state index contributed by atoms with van der Waals surface area (Å²) in [5.41, 5.74) is 0.834. The van der Waals surface area contributed by atoms with E-state index >= 15 is 0 Å². The number of carbonyl (C=O) groups excluding carboxylic acids is 2. The Labute approximate surface area is 138 Å². The molecule has 0 saturated carbocycles. The summed E-state index contributed by atoms with van der Waals surface area (Å²) < 4.78 is 10.2. The molecule has 0 unspecified atom stereocenters. The number of nitrogens with one attached hydrogen (secondary N) is 2. The number of methoxy groups -OCH3 is 2. The molecule has 0 saturated heterocycles. The Bertz CT molecular complexity index is 717. The lowest BCUT2D eigenvalue weighted by molar-refractivity contribution is -0.133. The lowest BCUT2D eigenvalue weighted by atomic mass is 10.2. The number of rotatable bonds is 4. The van der Waals surface area contributed by atoms with Crippen LogP contribution in [-0.4, -0.2) is 26.0 Å². The van der Waals surface area contributed by atoms with Gasteiger partial charge in [0.05, 0.1) is 19.9 Å². The van der Waals surface area contributed by atoms with E-state index in [1.807, 2.05) is 0 Å². The summed E-state index contributed by atoms with van der Waals surface area (Å²) in [6.45, 7) is 0. The summed E-state index contributed by atoms with van der Waals surface area (Å²) in [4.78, 5) is 23.9. The number of benzene rings is 2. The highest BCUT2D eigenvalue weighted by Gasteiger charge is 2.16. The number of hydrogen-bond acceptors (Lipinski definition) is 4. The van der Waals surface area contributed by atoms with Crippen LogP contribution >= 0.6 is 11.6 Å². The standard InChI is InChI=1S/C16H15ClN2O4/c1-22-12-7-8-13(14(9-12)23-2)19-16(21)15(20)18-11-5-3-10(17)4-6-11/h3-9H,1-2H3,(H,18,20)(H,19,21). The predicted octanol–water partition coefficient (Wildman–Crippen LogP) is 2.93. The van der Waals surface area contributed by atoms with Gasteiger partial charge in [0, 0.05) is 16.8 Å². The van der Waals surface area contributed by atoms with Gasteiger partial charge in [-0.15, -0.1) is 0 Å². The SMILES string of the molecule is COc1ccc(NC(=O)C(=O)Nc2ccc(Cl)cc2)c(OC)c1. The van der Waals surface area contributed by atoms with E-state index in [-0.39, 0.29) is 0 Å². The second kappa shape index (κ2) is 7.51. The average molecular weight is 335 g/mol.